The van der Waals surface area contributed by atoms with E-state index in [9.17, 15) is 4.79 Å². The Labute approximate surface area is 100 Å². The van der Waals surface area contributed by atoms with E-state index in [1.165, 1.54) is 7.11 Å². The highest BCUT2D eigenvalue weighted by Gasteiger charge is 2.12. The third kappa shape index (κ3) is 3.17. The number of anilines is 1. The molecule has 0 saturated carbocycles. The highest BCUT2D eigenvalue weighted by atomic mass is 16.5. The summed E-state index contributed by atoms with van der Waals surface area (Å²) in [5.74, 6) is 0.688. The van der Waals surface area contributed by atoms with Gasteiger partial charge in [-0.15, -0.1) is 0 Å². The molecule has 0 amide bonds. The number of carbonyl (C=O) groups is 1. The minimum atomic E-state index is -0.245. The van der Waals surface area contributed by atoms with Crippen molar-refractivity contribution < 1.29 is 14.3 Å². The van der Waals surface area contributed by atoms with Gasteiger partial charge >= 0.3 is 5.97 Å². The van der Waals surface area contributed by atoms with Crippen molar-refractivity contribution in [2.45, 2.75) is 6.42 Å². The van der Waals surface area contributed by atoms with Crippen LogP contribution in [-0.2, 0) is 20.7 Å². The molecular weight excluding hydrogens is 220 g/mol. The molecule has 0 aromatic carbocycles. The zero-order chi connectivity index (χ0) is 12.1. The Morgan fingerprint density at radius 2 is 2.24 bits per heavy atom. The average Bonchev–Trinajstić information content (AvgIpc) is 2.40. The second kappa shape index (κ2) is 5.63. The van der Waals surface area contributed by atoms with Gasteiger partial charge < -0.3 is 14.4 Å². The number of aromatic nitrogens is 1. The van der Waals surface area contributed by atoms with Crippen LogP contribution in [0.5, 0.6) is 0 Å². The molecule has 1 aromatic heterocycles. The number of hydrogen-bond donors (Lipinski definition) is 0. The average molecular weight is 236 g/mol. The van der Waals surface area contributed by atoms with Crippen molar-refractivity contribution in [2.75, 3.05) is 38.3 Å². The Bertz CT molecular complexity index is 372. The Hall–Kier alpha value is -1.62. The lowest BCUT2D eigenvalue weighted by Gasteiger charge is -2.27. The van der Waals surface area contributed by atoms with E-state index in [0.29, 0.717) is 0 Å². The molecule has 5 heteroatoms. The van der Waals surface area contributed by atoms with E-state index >= 15 is 0 Å². The maximum Gasteiger partial charge on any atom is 0.310 e. The molecule has 0 atom stereocenters. The maximum absolute atomic E-state index is 11.1. The van der Waals surface area contributed by atoms with Crippen molar-refractivity contribution in [3.63, 3.8) is 0 Å². The van der Waals surface area contributed by atoms with Crippen molar-refractivity contribution in [1.29, 1.82) is 0 Å². The maximum atomic E-state index is 11.1. The van der Waals surface area contributed by atoms with Crippen LogP contribution in [-0.4, -0.2) is 44.4 Å². The summed E-state index contributed by atoms with van der Waals surface area (Å²) in [5.41, 5.74) is 0.869. The van der Waals surface area contributed by atoms with Gasteiger partial charge in [-0.1, -0.05) is 6.07 Å². The highest BCUT2D eigenvalue weighted by molar-refractivity contribution is 5.72. The fourth-order valence-electron chi connectivity index (χ4n) is 1.74. The molecule has 5 nitrogen and oxygen atoms in total. The van der Waals surface area contributed by atoms with Crippen LogP contribution in [0.2, 0.25) is 0 Å². The molecule has 0 spiro atoms. The third-order valence-corrected chi connectivity index (χ3v) is 2.72. The Kier molecular flexibility index (Phi) is 3.93. The van der Waals surface area contributed by atoms with Crippen LogP contribution < -0.4 is 4.90 Å². The summed E-state index contributed by atoms with van der Waals surface area (Å²) < 4.78 is 9.89. The minimum Gasteiger partial charge on any atom is -0.469 e. The summed E-state index contributed by atoms with van der Waals surface area (Å²) in [7, 11) is 1.39. The predicted molar refractivity (Wildman–Crippen MR) is 63.0 cm³/mol. The van der Waals surface area contributed by atoms with Gasteiger partial charge in [0.25, 0.3) is 0 Å². The van der Waals surface area contributed by atoms with E-state index < -0.39 is 0 Å². The first kappa shape index (κ1) is 11.9. The molecule has 17 heavy (non-hydrogen) atoms. The lowest BCUT2D eigenvalue weighted by atomic mass is 10.2. The molecule has 0 bridgehead atoms. The zero-order valence-electron chi connectivity index (χ0n) is 9.89. The van der Waals surface area contributed by atoms with Crippen molar-refractivity contribution in [3.8, 4) is 0 Å². The van der Waals surface area contributed by atoms with Gasteiger partial charge in [-0.3, -0.25) is 4.79 Å². The number of morpholine rings is 1. The number of esters is 1. The molecular formula is C12H16N2O3. The van der Waals surface area contributed by atoms with E-state index in [2.05, 4.69) is 14.6 Å². The van der Waals surface area contributed by atoms with Crippen LogP contribution in [0.25, 0.3) is 0 Å². The molecule has 1 aliphatic heterocycles. The first-order valence-corrected chi connectivity index (χ1v) is 5.64. The van der Waals surface area contributed by atoms with Gasteiger partial charge in [0.2, 0.25) is 0 Å². The normalized spacial score (nSPS) is 15.7. The Morgan fingerprint density at radius 1 is 1.47 bits per heavy atom. The quantitative estimate of drug-likeness (QED) is 0.721. The van der Waals surface area contributed by atoms with Crippen LogP contribution in [0.1, 0.15) is 5.56 Å². The fourth-order valence-corrected chi connectivity index (χ4v) is 1.74. The number of ether oxygens (including phenoxy) is 2. The van der Waals surface area contributed by atoms with Crippen molar-refractivity contribution >= 4 is 11.8 Å². The Morgan fingerprint density at radius 3 is 2.82 bits per heavy atom. The molecule has 1 aromatic rings. The number of methoxy groups -OCH3 is 1. The summed E-state index contributed by atoms with van der Waals surface area (Å²) in [5, 5.41) is 0. The highest BCUT2D eigenvalue weighted by Crippen LogP contribution is 2.13. The largest absolute Gasteiger partial charge is 0.469 e. The van der Waals surface area contributed by atoms with Gasteiger partial charge in [-0.25, -0.2) is 4.98 Å². The summed E-state index contributed by atoms with van der Waals surface area (Å²) >= 11 is 0. The number of hydrogen-bond acceptors (Lipinski definition) is 5. The molecule has 1 aliphatic rings. The van der Waals surface area contributed by atoms with E-state index in [-0.39, 0.29) is 12.4 Å². The first-order valence-electron chi connectivity index (χ1n) is 5.64. The van der Waals surface area contributed by atoms with Gasteiger partial charge in [0.1, 0.15) is 5.82 Å². The molecule has 0 aliphatic carbocycles. The van der Waals surface area contributed by atoms with Gasteiger partial charge in [0.05, 0.1) is 26.7 Å². The fraction of sp³-hybridized carbons (Fsp3) is 0.500. The van der Waals surface area contributed by atoms with Crippen molar-refractivity contribution in [1.82, 2.24) is 4.98 Å². The minimum absolute atomic E-state index is 0.245. The standard InChI is InChI=1S/C12H16N2O3/c1-16-12(15)8-10-2-3-11(13-9-10)14-4-6-17-7-5-14/h2-3,9H,4-8H2,1H3. The van der Waals surface area contributed by atoms with E-state index in [0.717, 1.165) is 37.7 Å². The number of rotatable bonds is 3. The molecule has 2 heterocycles. The van der Waals surface area contributed by atoms with Gasteiger partial charge in [-0.2, -0.15) is 0 Å². The van der Waals surface area contributed by atoms with Gasteiger partial charge in [-0.05, 0) is 11.6 Å². The lowest BCUT2D eigenvalue weighted by Crippen LogP contribution is -2.36. The second-order valence-electron chi connectivity index (χ2n) is 3.88. The van der Waals surface area contributed by atoms with Crippen LogP contribution in [0.4, 0.5) is 5.82 Å². The van der Waals surface area contributed by atoms with Crippen LogP contribution in [0.15, 0.2) is 18.3 Å². The number of pyridine rings is 1. The molecule has 1 saturated heterocycles. The van der Waals surface area contributed by atoms with Crippen LogP contribution in [0.3, 0.4) is 0 Å². The summed E-state index contributed by atoms with van der Waals surface area (Å²) in [4.78, 5) is 17.6. The number of carbonyl (C=O) groups excluding carboxylic acids is 1. The molecule has 0 radical (unpaired) electrons. The molecule has 92 valence electrons. The van der Waals surface area contributed by atoms with Crippen LogP contribution >= 0.6 is 0 Å². The lowest BCUT2D eigenvalue weighted by molar-refractivity contribution is -0.139. The van der Waals surface area contributed by atoms with E-state index in [1.807, 2.05) is 12.1 Å². The predicted octanol–water partition coefficient (Wildman–Crippen LogP) is 0.634. The van der Waals surface area contributed by atoms with Crippen molar-refractivity contribution in [3.05, 3.63) is 23.9 Å². The number of nitrogens with zero attached hydrogens (tertiary/aromatic N) is 2. The molecule has 0 unspecified atom stereocenters. The monoisotopic (exact) mass is 236 g/mol. The SMILES string of the molecule is COC(=O)Cc1ccc(N2CCOCC2)nc1. The Balaban J connectivity index is 1.99. The smallest absolute Gasteiger partial charge is 0.310 e. The third-order valence-electron chi connectivity index (χ3n) is 2.72. The topological polar surface area (TPSA) is 51.7 Å². The second-order valence-corrected chi connectivity index (χ2v) is 3.88. The van der Waals surface area contributed by atoms with Gasteiger partial charge in [0.15, 0.2) is 0 Å². The molecule has 1 fully saturated rings. The van der Waals surface area contributed by atoms with E-state index in [4.69, 9.17) is 4.74 Å². The van der Waals surface area contributed by atoms with Gasteiger partial charge in [0, 0.05) is 19.3 Å². The van der Waals surface area contributed by atoms with Crippen LogP contribution in [0, 0.1) is 0 Å². The first-order chi connectivity index (χ1) is 8.29. The molecule has 0 N–H and O–H groups in total. The van der Waals surface area contributed by atoms with E-state index in [1.54, 1.807) is 6.20 Å². The van der Waals surface area contributed by atoms with Crippen molar-refractivity contribution in [2.24, 2.45) is 0 Å². The summed E-state index contributed by atoms with van der Waals surface area (Å²) in [6.07, 6.45) is 1.99. The molecule has 2 rings (SSSR count). The zero-order valence-corrected chi connectivity index (χ0v) is 9.89. The summed E-state index contributed by atoms with van der Waals surface area (Å²) in [6.45, 7) is 3.21. The summed E-state index contributed by atoms with van der Waals surface area (Å²) in [6, 6.07) is 3.85.